The van der Waals surface area contributed by atoms with Gasteiger partial charge in [-0.1, -0.05) is 36.4 Å². The van der Waals surface area contributed by atoms with E-state index in [4.69, 9.17) is 4.42 Å². The second-order valence-electron chi connectivity index (χ2n) is 8.51. The Bertz CT molecular complexity index is 1130. The number of nitrogens with zero attached hydrogens (tertiary/aromatic N) is 3. The summed E-state index contributed by atoms with van der Waals surface area (Å²) in [6.45, 7) is 2.02. The van der Waals surface area contributed by atoms with Crippen LogP contribution in [0.15, 0.2) is 52.9 Å². The third kappa shape index (κ3) is 4.11. The highest BCUT2D eigenvalue weighted by molar-refractivity contribution is 5.47. The van der Waals surface area contributed by atoms with Gasteiger partial charge < -0.3 is 9.73 Å². The van der Waals surface area contributed by atoms with Gasteiger partial charge in [0, 0.05) is 24.1 Å². The summed E-state index contributed by atoms with van der Waals surface area (Å²) in [5.41, 5.74) is 1.88. The third-order valence-corrected chi connectivity index (χ3v) is 6.44. The van der Waals surface area contributed by atoms with Gasteiger partial charge in [0.25, 0.3) is 0 Å². The van der Waals surface area contributed by atoms with Gasteiger partial charge in [0.2, 0.25) is 17.5 Å². The van der Waals surface area contributed by atoms with Gasteiger partial charge in [-0.2, -0.15) is 5.26 Å². The molecule has 7 heteroatoms. The van der Waals surface area contributed by atoms with E-state index in [1.54, 1.807) is 0 Å². The van der Waals surface area contributed by atoms with E-state index in [9.17, 15) is 14.0 Å². The smallest absolute Gasteiger partial charge is 0.232 e. The number of hydrogen-bond donors (Lipinski definition) is 1. The minimum atomic E-state index is -0.594. The van der Waals surface area contributed by atoms with Crippen molar-refractivity contribution in [3.63, 3.8) is 0 Å². The Balaban J connectivity index is 1.34. The Kier molecular flexibility index (Phi) is 5.62. The Morgan fingerprint density at radius 3 is 2.62 bits per heavy atom. The average molecular weight is 434 g/mol. The second kappa shape index (κ2) is 8.71. The molecular weight excluding hydrogens is 410 g/mol. The van der Waals surface area contributed by atoms with Crippen LogP contribution in [0.1, 0.15) is 59.9 Å². The first-order valence-electron chi connectivity index (χ1n) is 11.0. The zero-order valence-electron chi connectivity index (χ0n) is 17.6. The molecule has 0 bridgehead atoms. The molecule has 1 saturated heterocycles. The van der Waals surface area contributed by atoms with Crippen LogP contribution in [0.2, 0.25) is 0 Å². The molecule has 3 atom stereocenters. The molecule has 2 heterocycles. The highest BCUT2D eigenvalue weighted by Gasteiger charge is 2.43. The summed E-state index contributed by atoms with van der Waals surface area (Å²) in [6, 6.07) is 15.7. The van der Waals surface area contributed by atoms with Gasteiger partial charge in [-0.3, -0.25) is 4.90 Å². The number of hydrogen-bond acceptors (Lipinski definition) is 5. The Hall–Kier alpha value is -3.24. The molecule has 0 spiro atoms. The summed E-state index contributed by atoms with van der Waals surface area (Å²) < 4.78 is 34.0. The molecule has 0 unspecified atom stereocenters. The molecule has 2 fully saturated rings. The summed E-state index contributed by atoms with van der Waals surface area (Å²) in [7, 11) is 0. The van der Waals surface area contributed by atoms with Crippen LogP contribution in [-0.2, 0) is 0 Å². The maximum absolute atomic E-state index is 14.6. The van der Waals surface area contributed by atoms with Gasteiger partial charge in [0.05, 0.1) is 6.04 Å². The number of oxazole rings is 1. The highest BCUT2D eigenvalue weighted by Crippen LogP contribution is 2.54. The van der Waals surface area contributed by atoms with E-state index in [2.05, 4.69) is 33.4 Å². The molecule has 1 aliphatic carbocycles. The summed E-state index contributed by atoms with van der Waals surface area (Å²) in [5.74, 6) is 0.218. The van der Waals surface area contributed by atoms with Crippen molar-refractivity contribution in [2.75, 3.05) is 25.0 Å². The van der Waals surface area contributed by atoms with E-state index in [1.165, 1.54) is 17.7 Å². The number of halogens is 2. The van der Waals surface area contributed by atoms with E-state index in [-0.39, 0.29) is 17.7 Å². The minimum absolute atomic E-state index is 0.156. The van der Waals surface area contributed by atoms with Gasteiger partial charge in [0.1, 0.15) is 17.7 Å². The van der Waals surface area contributed by atoms with Gasteiger partial charge in [-0.15, -0.1) is 0 Å². The summed E-state index contributed by atoms with van der Waals surface area (Å²) >= 11 is 0. The van der Waals surface area contributed by atoms with Crippen LogP contribution in [-0.4, -0.2) is 29.5 Å². The topological polar surface area (TPSA) is 65.1 Å². The van der Waals surface area contributed by atoms with Crippen LogP contribution in [0.3, 0.4) is 0 Å². The van der Waals surface area contributed by atoms with Crippen LogP contribution in [0, 0.1) is 23.0 Å². The predicted octanol–water partition coefficient (Wildman–Crippen LogP) is 5.34. The summed E-state index contributed by atoms with van der Waals surface area (Å²) in [5, 5.41) is 12.7. The normalized spacial score (nSPS) is 21.3. The van der Waals surface area contributed by atoms with Gasteiger partial charge >= 0.3 is 0 Å². The molecule has 1 aliphatic heterocycles. The fourth-order valence-corrected chi connectivity index (χ4v) is 4.68. The first-order chi connectivity index (χ1) is 15.6. The molecule has 1 saturated carbocycles. The lowest BCUT2D eigenvalue weighted by molar-refractivity contribution is 0.249. The Labute approximate surface area is 185 Å². The van der Waals surface area contributed by atoms with Crippen molar-refractivity contribution in [1.82, 2.24) is 9.88 Å². The van der Waals surface area contributed by atoms with E-state index in [1.807, 2.05) is 18.2 Å². The third-order valence-electron chi connectivity index (χ3n) is 6.44. The van der Waals surface area contributed by atoms with Crippen molar-refractivity contribution >= 4 is 5.88 Å². The number of nitriles is 1. The largest absolute Gasteiger partial charge is 0.424 e. The summed E-state index contributed by atoms with van der Waals surface area (Å²) in [6.07, 6.45) is 3.02. The zero-order valence-corrected chi connectivity index (χ0v) is 17.6. The second-order valence-corrected chi connectivity index (χ2v) is 8.51. The van der Waals surface area contributed by atoms with Gasteiger partial charge in [0.15, 0.2) is 0 Å². The van der Waals surface area contributed by atoms with E-state index >= 15 is 0 Å². The fourth-order valence-electron chi connectivity index (χ4n) is 4.68. The van der Waals surface area contributed by atoms with Crippen LogP contribution in [0.4, 0.5) is 14.7 Å². The molecule has 5 nitrogen and oxygen atoms in total. The molecule has 2 aromatic carbocycles. The molecule has 164 valence electrons. The van der Waals surface area contributed by atoms with Crippen molar-refractivity contribution in [3.05, 3.63) is 82.9 Å². The van der Waals surface area contributed by atoms with Gasteiger partial charge in [-0.05, 0) is 49.9 Å². The Morgan fingerprint density at radius 2 is 1.91 bits per heavy atom. The van der Waals surface area contributed by atoms with Crippen molar-refractivity contribution in [2.24, 2.45) is 0 Å². The maximum Gasteiger partial charge on any atom is 0.232 e. The van der Waals surface area contributed by atoms with Crippen molar-refractivity contribution in [3.8, 4) is 6.07 Å². The molecule has 2 aliphatic rings. The van der Waals surface area contributed by atoms with E-state index in [0.29, 0.717) is 29.8 Å². The first-order valence-corrected chi connectivity index (χ1v) is 11.0. The molecule has 1 N–H and O–H groups in total. The predicted molar refractivity (Wildman–Crippen MR) is 116 cm³/mol. The molecule has 3 aromatic rings. The SMILES string of the molecule is N#Cc1nc([C@@H]2C[C@@H]2c2ccccc2)oc1NC[C@@H](c1ccc(F)cc1F)N1CCCC1. The summed E-state index contributed by atoms with van der Waals surface area (Å²) in [4.78, 5) is 6.60. The quantitative estimate of drug-likeness (QED) is 0.543. The number of nitrogens with one attached hydrogen (secondary N) is 1. The molecule has 32 heavy (non-hydrogen) atoms. The standard InChI is InChI=1S/C25H24F2N4O/c26-17-8-9-18(21(27)12-17)23(31-10-4-5-11-31)15-29-25-22(14-28)30-24(32-25)20-13-19(20)16-6-2-1-3-7-16/h1-3,6-9,12,19-20,23,29H,4-5,10-11,13,15H2/t19-,20-,23+/m1/s1. The van der Waals surface area contributed by atoms with E-state index in [0.717, 1.165) is 38.4 Å². The van der Waals surface area contributed by atoms with Crippen molar-refractivity contribution < 1.29 is 13.2 Å². The average Bonchev–Trinajstić information content (AvgIpc) is 3.22. The lowest BCUT2D eigenvalue weighted by atomic mass is 10.0. The van der Waals surface area contributed by atoms with Crippen LogP contribution in [0.25, 0.3) is 0 Å². The molecule has 0 amide bonds. The molecular formula is C25H24F2N4O. The van der Waals surface area contributed by atoms with Crippen molar-refractivity contribution in [2.45, 2.75) is 37.1 Å². The van der Waals surface area contributed by atoms with E-state index < -0.39 is 11.6 Å². The van der Waals surface area contributed by atoms with Gasteiger partial charge in [-0.25, -0.2) is 13.8 Å². The van der Waals surface area contributed by atoms with Crippen LogP contribution in [0.5, 0.6) is 0 Å². The number of anilines is 1. The highest BCUT2D eigenvalue weighted by atomic mass is 19.1. The minimum Gasteiger partial charge on any atom is -0.424 e. The Morgan fingerprint density at radius 1 is 1.12 bits per heavy atom. The van der Waals surface area contributed by atoms with Crippen molar-refractivity contribution in [1.29, 1.82) is 5.26 Å². The number of benzene rings is 2. The zero-order chi connectivity index (χ0) is 22.1. The van der Waals surface area contributed by atoms with Crippen LogP contribution >= 0.6 is 0 Å². The molecule has 5 rings (SSSR count). The molecule has 1 aromatic heterocycles. The lowest BCUT2D eigenvalue weighted by Crippen LogP contribution is -2.31. The fraction of sp³-hybridized carbons (Fsp3) is 0.360. The van der Waals surface area contributed by atoms with Crippen LogP contribution < -0.4 is 5.32 Å². The number of rotatable bonds is 7. The monoisotopic (exact) mass is 434 g/mol. The lowest BCUT2D eigenvalue weighted by Gasteiger charge is -2.28. The maximum atomic E-state index is 14.6. The number of aromatic nitrogens is 1. The first kappa shape index (κ1) is 20.7. The number of likely N-dealkylation sites (tertiary alicyclic amines) is 1. The molecule has 0 radical (unpaired) electrons.